The number of aryl methyl sites for hydroxylation is 1. The Balaban J connectivity index is 2.10. The first-order valence-corrected chi connectivity index (χ1v) is 7.88. The van der Waals surface area contributed by atoms with Crippen LogP contribution in [0.4, 0.5) is 0 Å². The predicted octanol–water partition coefficient (Wildman–Crippen LogP) is 3.93. The van der Waals surface area contributed by atoms with E-state index < -0.39 is 0 Å². The molecule has 1 aliphatic rings. The Morgan fingerprint density at radius 1 is 1.14 bits per heavy atom. The molecule has 3 nitrogen and oxygen atoms in total. The van der Waals surface area contributed by atoms with Gasteiger partial charge in [0.1, 0.15) is 11.4 Å². The molecule has 0 saturated carbocycles. The molecule has 21 heavy (non-hydrogen) atoms. The van der Waals surface area contributed by atoms with E-state index in [1.807, 2.05) is 0 Å². The van der Waals surface area contributed by atoms with E-state index in [9.17, 15) is 0 Å². The van der Waals surface area contributed by atoms with Crippen molar-refractivity contribution in [1.82, 2.24) is 0 Å². The molecule has 1 heterocycles. The number of hydrogen-bond acceptors (Lipinski definition) is 3. The minimum atomic E-state index is -0.297. The molecule has 1 unspecified atom stereocenters. The standard InChI is InChI=1S/C18H28O3/c1-13(2)9-19-11-18(12-21-18)16-7-6-15(5)8-17(16)20-10-14(3)4/h6-8,13-14H,9-12H2,1-5H3. The molecule has 0 aromatic heterocycles. The molecule has 1 aliphatic heterocycles. The predicted molar refractivity (Wildman–Crippen MR) is 84.8 cm³/mol. The molecule has 2 rings (SSSR count). The topological polar surface area (TPSA) is 31.0 Å². The molecule has 1 atom stereocenters. The second-order valence-electron chi connectivity index (χ2n) is 6.90. The molecule has 118 valence electrons. The van der Waals surface area contributed by atoms with Crippen LogP contribution in [0.15, 0.2) is 18.2 Å². The molecular weight excluding hydrogens is 264 g/mol. The molecule has 0 radical (unpaired) electrons. The SMILES string of the molecule is Cc1ccc(C2(COCC(C)C)CO2)c(OCC(C)C)c1. The molecule has 0 spiro atoms. The van der Waals surface area contributed by atoms with Gasteiger partial charge in [0.05, 0.1) is 19.8 Å². The second kappa shape index (κ2) is 6.80. The molecule has 1 saturated heterocycles. The second-order valence-corrected chi connectivity index (χ2v) is 6.90. The van der Waals surface area contributed by atoms with Gasteiger partial charge in [0.2, 0.25) is 0 Å². The van der Waals surface area contributed by atoms with Gasteiger partial charge in [-0.3, -0.25) is 0 Å². The van der Waals surface area contributed by atoms with Crippen LogP contribution in [0.1, 0.15) is 38.8 Å². The van der Waals surface area contributed by atoms with Crippen LogP contribution < -0.4 is 4.74 Å². The average molecular weight is 292 g/mol. The smallest absolute Gasteiger partial charge is 0.143 e. The highest BCUT2D eigenvalue weighted by molar-refractivity contribution is 5.43. The van der Waals surface area contributed by atoms with Gasteiger partial charge in [-0.1, -0.05) is 39.8 Å². The maximum Gasteiger partial charge on any atom is 0.143 e. The third-order valence-corrected chi connectivity index (χ3v) is 3.48. The van der Waals surface area contributed by atoms with Crippen LogP contribution in [0, 0.1) is 18.8 Å². The van der Waals surface area contributed by atoms with Gasteiger partial charge >= 0.3 is 0 Å². The van der Waals surface area contributed by atoms with Crippen LogP contribution in [0.5, 0.6) is 5.75 Å². The monoisotopic (exact) mass is 292 g/mol. The lowest BCUT2D eigenvalue weighted by molar-refractivity contribution is 0.0599. The molecule has 1 aromatic rings. The molecule has 0 amide bonds. The highest BCUT2D eigenvalue weighted by atomic mass is 16.6. The first-order chi connectivity index (χ1) is 9.93. The van der Waals surface area contributed by atoms with Crippen molar-refractivity contribution in [2.75, 3.05) is 26.4 Å². The van der Waals surface area contributed by atoms with Gasteiger partial charge in [0.15, 0.2) is 0 Å². The van der Waals surface area contributed by atoms with Gasteiger partial charge in [-0.05, 0) is 30.4 Å². The summed E-state index contributed by atoms with van der Waals surface area (Å²) in [6.45, 7) is 13.5. The zero-order valence-electron chi connectivity index (χ0n) is 13.9. The zero-order chi connectivity index (χ0) is 15.5. The number of hydrogen-bond donors (Lipinski definition) is 0. The van der Waals surface area contributed by atoms with E-state index >= 15 is 0 Å². The van der Waals surface area contributed by atoms with Crippen LogP contribution in [0.25, 0.3) is 0 Å². The van der Waals surface area contributed by atoms with Crippen molar-refractivity contribution in [3.8, 4) is 5.75 Å². The highest BCUT2D eigenvalue weighted by Gasteiger charge is 2.48. The van der Waals surface area contributed by atoms with Crippen molar-refractivity contribution in [3.63, 3.8) is 0 Å². The fourth-order valence-electron chi connectivity index (χ4n) is 2.25. The Labute approximate surface area is 128 Å². The maximum atomic E-state index is 6.00. The Kier molecular flexibility index (Phi) is 5.28. The summed E-state index contributed by atoms with van der Waals surface area (Å²) >= 11 is 0. The number of epoxide rings is 1. The largest absolute Gasteiger partial charge is 0.493 e. The minimum absolute atomic E-state index is 0.297. The van der Waals surface area contributed by atoms with Crippen LogP contribution in [0.3, 0.4) is 0 Å². The number of benzene rings is 1. The van der Waals surface area contributed by atoms with E-state index in [4.69, 9.17) is 14.2 Å². The van der Waals surface area contributed by atoms with Crippen LogP contribution in [-0.4, -0.2) is 26.4 Å². The molecule has 1 fully saturated rings. The molecule has 0 aliphatic carbocycles. The molecule has 0 N–H and O–H groups in total. The maximum absolute atomic E-state index is 6.00. The average Bonchev–Trinajstić information content (AvgIpc) is 3.17. The summed E-state index contributed by atoms with van der Waals surface area (Å²) in [6.07, 6.45) is 0. The lowest BCUT2D eigenvalue weighted by Crippen LogP contribution is -2.20. The van der Waals surface area contributed by atoms with Crippen molar-refractivity contribution in [2.45, 2.75) is 40.2 Å². The molecule has 0 bridgehead atoms. The third-order valence-electron chi connectivity index (χ3n) is 3.48. The van der Waals surface area contributed by atoms with Crippen LogP contribution in [-0.2, 0) is 15.1 Å². The van der Waals surface area contributed by atoms with E-state index in [1.165, 1.54) is 5.56 Å². The van der Waals surface area contributed by atoms with E-state index in [-0.39, 0.29) is 5.60 Å². The Morgan fingerprint density at radius 2 is 1.81 bits per heavy atom. The summed E-state index contributed by atoms with van der Waals surface area (Å²) in [5.74, 6) is 1.98. The fourth-order valence-corrected chi connectivity index (χ4v) is 2.25. The van der Waals surface area contributed by atoms with Crippen molar-refractivity contribution >= 4 is 0 Å². The van der Waals surface area contributed by atoms with Gasteiger partial charge < -0.3 is 14.2 Å². The molecule has 1 aromatic carbocycles. The lowest BCUT2D eigenvalue weighted by Gasteiger charge is -2.19. The summed E-state index contributed by atoms with van der Waals surface area (Å²) < 4.78 is 17.6. The minimum Gasteiger partial charge on any atom is -0.493 e. The Morgan fingerprint density at radius 3 is 2.38 bits per heavy atom. The lowest BCUT2D eigenvalue weighted by atomic mass is 9.98. The van der Waals surface area contributed by atoms with E-state index in [1.54, 1.807) is 0 Å². The first kappa shape index (κ1) is 16.3. The van der Waals surface area contributed by atoms with E-state index in [0.29, 0.717) is 25.0 Å². The van der Waals surface area contributed by atoms with Gasteiger partial charge in [0.25, 0.3) is 0 Å². The van der Waals surface area contributed by atoms with Gasteiger partial charge in [-0.25, -0.2) is 0 Å². The summed E-state index contributed by atoms with van der Waals surface area (Å²) in [7, 11) is 0. The highest BCUT2D eigenvalue weighted by Crippen LogP contribution is 2.44. The Hall–Kier alpha value is -1.06. The van der Waals surface area contributed by atoms with Gasteiger partial charge in [-0.2, -0.15) is 0 Å². The van der Waals surface area contributed by atoms with Crippen LogP contribution >= 0.6 is 0 Å². The number of ether oxygens (including phenoxy) is 3. The fraction of sp³-hybridized carbons (Fsp3) is 0.667. The number of rotatable bonds is 8. The van der Waals surface area contributed by atoms with Gasteiger partial charge in [0, 0.05) is 12.2 Å². The normalized spacial score (nSPS) is 21.1. The van der Waals surface area contributed by atoms with Crippen LogP contribution in [0.2, 0.25) is 0 Å². The van der Waals surface area contributed by atoms with Gasteiger partial charge in [-0.15, -0.1) is 0 Å². The summed E-state index contributed by atoms with van der Waals surface area (Å²) in [6, 6.07) is 6.34. The summed E-state index contributed by atoms with van der Waals surface area (Å²) in [5.41, 5.74) is 2.03. The molecule has 3 heteroatoms. The molecular formula is C18H28O3. The first-order valence-electron chi connectivity index (χ1n) is 7.88. The van der Waals surface area contributed by atoms with Crippen molar-refractivity contribution in [1.29, 1.82) is 0 Å². The van der Waals surface area contributed by atoms with Crippen molar-refractivity contribution in [2.24, 2.45) is 11.8 Å². The van der Waals surface area contributed by atoms with E-state index in [2.05, 4.69) is 52.8 Å². The third kappa shape index (κ3) is 4.45. The van der Waals surface area contributed by atoms with E-state index in [0.717, 1.165) is 24.5 Å². The summed E-state index contributed by atoms with van der Waals surface area (Å²) in [5, 5.41) is 0. The van der Waals surface area contributed by atoms with Crippen molar-refractivity contribution < 1.29 is 14.2 Å². The zero-order valence-corrected chi connectivity index (χ0v) is 13.9. The summed E-state index contributed by atoms with van der Waals surface area (Å²) in [4.78, 5) is 0. The van der Waals surface area contributed by atoms with Crippen molar-refractivity contribution in [3.05, 3.63) is 29.3 Å². The Bertz CT molecular complexity index is 462. The quantitative estimate of drug-likeness (QED) is 0.680.